The molecule has 2 aromatic rings. The second-order valence-electron chi connectivity index (χ2n) is 4.32. The first kappa shape index (κ1) is 12.6. The van der Waals surface area contributed by atoms with E-state index >= 15 is 0 Å². The fourth-order valence-corrected chi connectivity index (χ4v) is 1.83. The van der Waals surface area contributed by atoms with Crippen LogP contribution >= 0.6 is 0 Å². The van der Waals surface area contributed by atoms with E-state index < -0.39 is 0 Å². The summed E-state index contributed by atoms with van der Waals surface area (Å²) in [6.45, 7) is 5.70. The van der Waals surface area contributed by atoms with Crippen molar-refractivity contribution in [3.8, 4) is 0 Å². The summed E-state index contributed by atoms with van der Waals surface area (Å²) in [5, 5.41) is 0. The summed E-state index contributed by atoms with van der Waals surface area (Å²) in [7, 11) is 0. The average Bonchev–Trinajstić information content (AvgIpc) is 2.89. The minimum atomic E-state index is -0.0285. The normalized spacial score (nSPS) is 12.4. The molecule has 0 saturated carbocycles. The van der Waals surface area contributed by atoms with Gasteiger partial charge < -0.3 is 15.1 Å². The standard InChI is InChI=1S/C14H19N3O/c1-3-17(10-13-5-4-8-18-13)12-6-7-14(11(2)15)16-9-12/h4-9,11H,3,10,15H2,1-2H3/t11-/m0/s1. The zero-order chi connectivity index (χ0) is 13.0. The second kappa shape index (κ2) is 5.69. The molecular weight excluding hydrogens is 226 g/mol. The predicted molar refractivity (Wildman–Crippen MR) is 72.3 cm³/mol. The van der Waals surface area contributed by atoms with Gasteiger partial charge in [0, 0.05) is 12.6 Å². The first-order valence-corrected chi connectivity index (χ1v) is 6.19. The van der Waals surface area contributed by atoms with Crippen LogP contribution in [-0.4, -0.2) is 11.5 Å². The molecule has 4 heteroatoms. The van der Waals surface area contributed by atoms with Gasteiger partial charge >= 0.3 is 0 Å². The molecule has 0 aliphatic heterocycles. The third kappa shape index (κ3) is 2.90. The highest BCUT2D eigenvalue weighted by atomic mass is 16.3. The maximum absolute atomic E-state index is 5.79. The van der Waals surface area contributed by atoms with E-state index in [0.29, 0.717) is 0 Å². The summed E-state index contributed by atoms with van der Waals surface area (Å²) in [5.74, 6) is 0.952. The average molecular weight is 245 g/mol. The Labute approximate surface area is 107 Å². The van der Waals surface area contributed by atoms with Crippen molar-refractivity contribution >= 4 is 5.69 Å². The molecule has 0 unspecified atom stereocenters. The molecule has 0 radical (unpaired) electrons. The molecule has 4 nitrogen and oxygen atoms in total. The minimum absolute atomic E-state index is 0.0285. The van der Waals surface area contributed by atoms with Crippen LogP contribution in [0, 0.1) is 0 Å². The molecule has 0 aromatic carbocycles. The van der Waals surface area contributed by atoms with Crippen molar-refractivity contribution in [3.63, 3.8) is 0 Å². The monoisotopic (exact) mass is 245 g/mol. The number of furan rings is 1. The van der Waals surface area contributed by atoms with Gasteiger partial charge in [-0.15, -0.1) is 0 Å². The Bertz CT molecular complexity index is 462. The maximum Gasteiger partial charge on any atom is 0.123 e. The lowest BCUT2D eigenvalue weighted by atomic mass is 10.2. The van der Waals surface area contributed by atoms with E-state index in [-0.39, 0.29) is 6.04 Å². The highest BCUT2D eigenvalue weighted by Crippen LogP contribution is 2.18. The van der Waals surface area contributed by atoms with Crippen LogP contribution < -0.4 is 10.6 Å². The third-order valence-electron chi connectivity index (χ3n) is 2.91. The van der Waals surface area contributed by atoms with Crippen LogP contribution in [-0.2, 0) is 6.54 Å². The largest absolute Gasteiger partial charge is 0.467 e. The molecule has 18 heavy (non-hydrogen) atoms. The lowest BCUT2D eigenvalue weighted by molar-refractivity contribution is 0.503. The number of rotatable bonds is 5. The van der Waals surface area contributed by atoms with Gasteiger partial charge in [0.15, 0.2) is 0 Å². The van der Waals surface area contributed by atoms with Crippen molar-refractivity contribution < 1.29 is 4.42 Å². The molecule has 0 amide bonds. The van der Waals surface area contributed by atoms with Crippen LogP contribution in [0.3, 0.4) is 0 Å². The number of hydrogen-bond acceptors (Lipinski definition) is 4. The predicted octanol–water partition coefficient (Wildman–Crippen LogP) is 2.72. The topological polar surface area (TPSA) is 55.3 Å². The van der Waals surface area contributed by atoms with E-state index in [1.807, 2.05) is 31.3 Å². The number of pyridine rings is 1. The van der Waals surface area contributed by atoms with Crippen molar-refractivity contribution in [2.75, 3.05) is 11.4 Å². The van der Waals surface area contributed by atoms with Crippen LogP contribution in [0.5, 0.6) is 0 Å². The molecule has 0 saturated heterocycles. The molecule has 0 bridgehead atoms. The summed E-state index contributed by atoms with van der Waals surface area (Å²) in [5.41, 5.74) is 7.78. The summed E-state index contributed by atoms with van der Waals surface area (Å²) in [6.07, 6.45) is 3.56. The van der Waals surface area contributed by atoms with Crippen LogP contribution in [0.4, 0.5) is 5.69 Å². The van der Waals surface area contributed by atoms with E-state index in [1.165, 1.54) is 0 Å². The Morgan fingerprint density at radius 1 is 1.39 bits per heavy atom. The quantitative estimate of drug-likeness (QED) is 0.880. The third-order valence-corrected chi connectivity index (χ3v) is 2.91. The molecule has 2 heterocycles. The SMILES string of the molecule is CCN(Cc1ccco1)c1ccc([C@H](C)N)nc1. The van der Waals surface area contributed by atoms with Crippen LogP contribution in [0.1, 0.15) is 31.3 Å². The van der Waals surface area contributed by atoms with Crippen molar-refractivity contribution in [2.45, 2.75) is 26.4 Å². The highest BCUT2D eigenvalue weighted by Gasteiger charge is 2.08. The van der Waals surface area contributed by atoms with Gasteiger partial charge in [0.25, 0.3) is 0 Å². The van der Waals surface area contributed by atoms with Crippen LogP contribution in [0.25, 0.3) is 0 Å². The summed E-state index contributed by atoms with van der Waals surface area (Å²) < 4.78 is 5.37. The highest BCUT2D eigenvalue weighted by molar-refractivity contribution is 5.44. The van der Waals surface area contributed by atoms with Crippen molar-refractivity contribution in [1.82, 2.24) is 4.98 Å². The van der Waals surface area contributed by atoms with Gasteiger partial charge in [-0.1, -0.05) is 0 Å². The molecule has 2 N–H and O–H groups in total. The number of nitrogens with zero attached hydrogens (tertiary/aromatic N) is 2. The zero-order valence-corrected chi connectivity index (χ0v) is 10.8. The van der Waals surface area contributed by atoms with Gasteiger partial charge in [0.05, 0.1) is 30.4 Å². The van der Waals surface area contributed by atoms with Gasteiger partial charge in [0.2, 0.25) is 0 Å². The molecule has 2 aromatic heterocycles. The Balaban J connectivity index is 2.12. The molecule has 0 spiro atoms. The van der Waals surface area contributed by atoms with E-state index in [9.17, 15) is 0 Å². The van der Waals surface area contributed by atoms with Crippen molar-refractivity contribution in [1.29, 1.82) is 0 Å². The molecule has 96 valence electrons. The van der Waals surface area contributed by atoms with Gasteiger partial charge in [-0.3, -0.25) is 4.98 Å². The summed E-state index contributed by atoms with van der Waals surface area (Å²) in [4.78, 5) is 6.58. The van der Waals surface area contributed by atoms with E-state index in [2.05, 4.69) is 22.9 Å². The number of anilines is 1. The molecular formula is C14H19N3O. The molecule has 1 atom stereocenters. The van der Waals surface area contributed by atoms with Crippen molar-refractivity contribution in [2.24, 2.45) is 5.73 Å². The van der Waals surface area contributed by atoms with Crippen molar-refractivity contribution in [3.05, 3.63) is 48.2 Å². The lowest BCUT2D eigenvalue weighted by Crippen LogP contribution is -2.22. The van der Waals surface area contributed by atoms with Crippen LogP contribution in [0.2, 0.25) is 0 Å². The fourth-order valence-electron chi connectivity index (χ4n) is 1.83. The molecule has 0 fully saturated rings. The molecule has 0 aliphatic rings. The first-order chi connectivity index (χ1) is 8.70. The van der Waals surface area contributed by atoms with E-state index in [4.69, 9.17) is 10.2 Å². The number of nitrogens with two attached hydrogens (primary N) is 1. The van der Waals surface area contributed by atoms with E-state index in [0.717, 1.165) is 30.2 Å². The first-order valence-electron chi connectivity index (χ1n) is 6.19. The Morgan fingerprint density at radius 2 is 2.22 bits per heavy atom. The molecule has 2 rings (SSSR count). The van der Waals surface area contributed by atoms with Gasteiger partial charge in [-0.05, 0) is 38.1 Å². The van der Waals surface area contributed by atoms with Gasteiger partial charge in [0.1, 0.15) is 5.76 Å². The molecule has 0 aliphatic carbocycles. The Kier molecular flexibility index (Phi) is 3.99. The van der Waals surface area contributed by atoms with E-state index in [1.54, 1.807) is 6.26 Å². The zero-order valence-electron chi connectivity index (χ0n) is 10.8. The Hall–Kier alpha value is -1.81. The second-order valence-corrected chi connectivity index (χ2v) is 4.32. The summed E-state index contributed by atoms with van der Waals surface area (Å²) >= 11 is 0. The van der Waals surface area contributed by atoms with Gasteiger partial charge in [-0.25, -0.2) is 0 Å². The number of aromatic nitrogens is 1. The maximum atomic E-state index is 5.79. The lowest BCUT2D eigenvalue weighted by Gasteiger charge is -2.21. The fraction of sp³-hybridized carbons (Fsp3) is 0.357. The minimum Gasteiger partial charge on any atom is -0.467 e. The number of hydrogen-bond donors (Lipinski definition) is 1. The summed E-state index contributed by atoms with van der Waals surface area (Å²) in [6, 6.07) is 7.88. The smallest absolute Gasteiger partial charge is 0.123 e. The van der Waals surface area contributed by atoms with Crippen LogP contribution in [0.15, 0.2) is 41.1 Å². The Morgan fingerprint density at radius 3 is 2.72 bits per heavy atom. The van der Waals surface area contributed by atoms with Gasteiger partial charge in [-0.2, -0.15) is 0 Å².